The maximum atomic E-state index is 13.3. The molecule has 1 aromatic heterocycles. The summed E-state index contributed by atoms with van der Waals surface area (Å²) in [5, 5.41) is 4.02. The van der Waals surface area contributed by atoms with Crippen LogP contribution in [0, 0.1) is 6.92 Å². The van der Waals surface area contributed by atoms with Gasteiger partial charge in [-0.3, -0.25) is 4.72 Å². The second-order valence-electron chi connectivity index (χ2n) is 7.30. The van der Waals surface area contributed by atoms with Crippen LogP contribution < -0.4 is 18.9 Å². The number of rotatable bonds is 8. The van der Waals surface area contributed by atoms with Crippen LogP contribution in [0.1, 0.15) is 5.56 Å². The van der Waals surface area contributed by atoms with Gasteiger partial charge in [0.25, 0.3) is 15.9 Å². The van der Waals surface area contributed by atoms with Gasteiger partial charge in [-0.1, -0.05) is 47.1 Å². The van der Waals surface area contributed by atoms with E-state index in [2.05, 4.69) is 14.9 Å². The molecule has 0 saturated carbocycles. The minimum Gasteiger partial charge on any atom is -0.493 e. The zero-order chi connectivity index (χ0) is 24.3. The SMILES string of the molecule is COc1cc(NS(=O)(=O)c2ccccc2-c2nc(-c3ccc(C)cc3)no2)cc(OC)c1OC. The normalized spacial score (nSPS) is 11.2. The molecule has 3 aromatic carbocycles. The number of nitrogens with zero attached hydrogens (tertiary/aromatic N) is 2. The molecule has 1 N–H and O–H groups in total. The van der Waals surface area contributed by atoms with Crippen molar-refractivity contribution in [2.24, 2.45) is 0 Å². The van der Waals surface area contributed by atoms with Gasteiger partial charge in [-0.15, -0.1) is 0 Å². The largest absolute Gasteiger partial charge is 0.493 e. The first-order valence-electron chi connectivity index (χ1n) is 10.2. The molecule has 0 aliphatic heterocycles. The molecule has 4 rings (SSSR count). The molecule has 0 aliphatic carbocycles. The van der Waals surface area contributed by atoms with Crippen molar-refractivity contribution in [3.8, 4) is 40.1 Å². The van der Waals surface area contributed by atoms with Crippen molar-refractivity contribution in [2.45, 2.75) is 11.8 Å². The minimum atomic E-state index is -4.05. The summed E-state index contributed by atoms with van der Waals surface area (Å²) in [6.45, 7) is 1.98. The first kappa shape index (κ1) is 23.1. The standard InChI is InChI=1S/C24H23N3O6S/c1-15-9-11-16(12-10-15)23-25-24(33-26-23)18-7-5-6-8-21(18)34(28,29)27-17-13-19(30-2)22(32-4)20(14-17)31-3/h5-14,27H,1-4H3. The van der Waals surface area contributed by atoms with Gasteiger partial charge in [-0.05, 0) is 19.1 Å². The van der Waals surface area contributed by atoms with E-state index in [1.54, 1.807) is 18.2 Å². The van der Waals surface area contributed by atoms with Gasteiger partial charge in [0.1, 0.15) is 4.90 Å². The highest BCUT2D eigenvalue weighted by Crippen LogP contribution is 2.40. The molecule has 1 heterocycles. The van der Waals surface area contributed by atoms with Crippen LogP contribution in [0.25, 0.3) is 22.8 Å². The van der Waals surface area contributed by atoms with Crippen LogP contribution in [0.5, 0.6) is 17.2 Å². The van der Waals surface area contributed by atoms with Crippen molar-refractivity contribution < 1.29 is 27.2 Å². The molecule has 0 radical (unpaired) electrons. The molecule has 0 atom stereocenters. The van der Waals surface area contributed by atoms with Crippen molar-refractivity contribution in [3.63, 3.8) is 0 Å². The van der Waals surface area contributed by atoms with Gasteiger partial charge in [0.2, 0.25) is 11.6 Å². The van der Waals surface area contributed by atoms with Gasteiger partial charge in [0.05, 0.1) is 32.6 Å². The summed E-state index contributed by atoms with van der Waals surface area (Å²) >= 11 is 0. The number of aryl methyl sites for hydroxylation is 1. The summed E-state index contributed by atoms with van der Waals surface area (Å²) in [6.07, 6.45) is 0. The van der Waals surface area contributed by atoms with E-state index in [-0.39, 0.29) is 22.0 Å². The zero-order valence-electron chi connectivity index (χ0n) is 19.0. The number of anilines is 1. The topological polar surface area (TPSA) is 113 Å². The third-order valence-electron chi connectivity index (χ3n) is 5.06. The minimum absolute atomic E-state index is 0.0251. The number of ether oxygens (including phenoxy) is 3. The van der Waals surface area contributed by atoms with E-state index in [4.69, 9.17) is 18.7 Å². The Morgan fingerprint density at radius 3 is 2.15 bits per heavy atom. The smallest absolute Gasteiger partial charge is 0.262 e. The summed E-state index contributed by atoms with van der Waals surface area (Å²) in [4.78, 5) is 4.39. The van der Waals surface area contributed by atoms with Crippen LogP contribution >= 0.6 is 0 Å². The Labute approximate surface area is 197 Å². The van der Waals surface area contributed by atoms with E-state index in [1.807, 2.05) is 31.2 Å². The van der Waals surface area contributed by atoms with E-state index < -0.39 is 10.0 Å². The van der Waals surface area contributed by atoms with Crippen molar-refractivity contribution in [3.05, 3.63) is 66.2 Å². The van der Waals surface area contributed by atoms with Gasteiger partial charge in [-0.25, -0.2) is 8.42 Å². The fraction of sp³-hybridized carbons (Fsp3) is 0.167. The maximum Gasteiger partial charge on any atom is 0.262 e. The van der Waals surface area contributed by atoms with E-state index in [9.17, 15) is 8.42 Å². The molecule has 0 amide bonds. The summed E-state index contributed by atoms with van der Waals surface area (Å²) in [5.41, 5.74) is 2.36. The van der Waals surface area contributed by atoms with Crippen LogP contribution in [0.15, 0.2) is 70.1 Å². The third kappa shape index (κ3) is 4.53. The fourth-order valence-corrected chi connectivity index (χ4v) is 4.62. The number of benzene rings is 3. The Kier molecular flexibility index (Phi) is 6.42. The second kappa shape index (κ2) is 9.44. The number of sulfonamides is 1. The predicted octanol–water partition coefficient (Wildman–Crippen LogP) is 4.54. The summed E-state index contributed by atoms with van der Waals surface area (Å²) < 4.78 is 50.6. The Balaban J connectivity index is 1.71. The van der Waals surface area contributed by atoms with Gasteiger partial charge in [0, 0.05) is 17.7 Å². The molecule has 0 aliphatic rings. The molecule has 0 fully saturated rings. The quantitative estimate of drug-likeness (QED) is 0.390. The third-order valence-corrected chi connectivity index (χ3v) is 6.50. The van der Waals surface area contributed by atoms with Crippen molar-refractivity contribution in [1.82, 2.24) is 10.1 Å². The monoisotopic (exact) mass is 481 g/mol. The Hall–Kier alpha value is -4.05. The zero-order valence-corrected chi connectivity index (χ0v) is 19.8. The predicted molar refractivity (Wildman–Crippen MR) is 127 cm³/mol. The molecule has 4 aromatic rings. The highest BCUT2D eigenvalue weighted by molar-refractivity contribution is 7.92. The van der Waals surface area contributed by atoms with Gasteiger partial charge in [-0.2, -0.15) is 4.98 Å². The molecule has 0 bridgehead atoms. The average molecular weight is 482 g/mol. The first-order valence-corrected chi connectivity index (χ1v) is 11.7. The van der Waals surface area contributed by atoms with Gasteiger partial charge in [0.15, 0.2) is 11.5 Å². The number of methoxy groups -OCH3 is 3. The molecule has 0 saturated heterocycles. The Bertz CT molecular complexity index is 1390. The van der Waals surface area contributed by atoms with Crippen molar-refractivity contribution in [1.29, 1.82) is 0 Å². The molecular formula is C24H23N3O6S. The maximum absolute atomic E-state index is 13.3. The molecule has 176 valence electrons. The number of aromatic nitrogens is 2. The number of nitrogens with one attached hydrogen (secondary N) is 1. The Morgan fingerprint density at radius 1 is 0.882 bits per heavy atom. The molecular weight excluding hydrogens is 458 g/mol. The van der Waals surface area contributed by atoms with E-state index in [0.717, 1.165) is 11.1 Å². The van der Waals surface area contributed by atoms with Crippen molar-refractivity contribution in [2.75, 3.05) is 26.1 Å². The summed E-state index contributed by atoms with van der Waals surface area (Å²) in [5.74, 6) is 1.42. The van der Waals surface area contributed by atoms with Crippen molar-refractivity contribution >= 4 is 15.7 Å². The van der Waals surface area contributed by atoms with Crippen LogP contribution in [0.2, 0.25) is 0 Å². The van der Waals surface area contributed by atoms with Crippen LogP contribution in [-0.2, 0) is 10.0 Å². The summed E-state index contributed by atoms with van der Waals surface area (Å²) in [6, 6.07) is 17.0. The molecule has 9 nitrogen and oxygen atoms in total. The van der Waals surface area contributed by atoms with Crippen LogP contribution in [0.3, 0.4) is 0 Å². The van der Waals surface area contributed by atoms with Crippen LogP contribution in [-0.4, -0.2) is 39.9 Å². The van der Waals surface area contributed by atoms with E-state index in [1.165, 1.54) is 39.5 Å². The average Bonchev–Trinajstić information content (AvgIpc) is 3.34. The molecule has 0 unspecified atom stereocenters. The lowest BCUT2D eigenvalue weighted by Gasteiger charge is -2.15. The molecule has 34 heavy (non-hydrogen) atoms. The van der Waals surface area contributed by atoms with Gasteiger partial charge >= 0.3 is 0 Å². The molecule has 0 spiro atoms. The second-order valence-corrected chi connectivity index (χ2v) is 8.96. The van der Waals surface area contributed by atoms with Gasteiger partial charge < -0.3 is 18.7 Å². The first-order chi connectivity index (χ1) is 16.4. The van der Waals surface area contributed by atoms with E-state index >= 15 is 0 Å². The van der Waals surface area contributed by atoms with E-state index in [0.29, 0.717) is 23.1 Å². The summed E-state index contributed by atoms with van der Waals surface area (Å²) in [7, 11) is 0.317. The highest BCUT2D eigenvalue weighted by atomic mass is 32.2. The number of hydrogen-bond donors (Lipinski definition) is 1. The lowest BCUT2D eigenvalue weighted by Crippen LogP contribution is -2.14. The van der Waals surface area contributed by atoms with Crippen LogP contribution in [0.4, 0.5) is 5.69 Å². The molecule has 10 heteroatoms. The highest BCUT2D eigenvalue weighted by Gasteiger charge is 2.24. The number of hydrogen-bond acceptors (Lipinski definition) is 8. The lowest BCUT2D eigenvalue weighted by molar-refractivity contribution is 0.325. The fourth-order valence-electron chi connectivity index (χ4n) is 3.38. The Morgan fingerprint density at radius 2 is 1.53 bits per heavy atom. The lowest BCUT2D eigenvalue weighted by atomic mass is 10.1.